The molecule has 6 heteroatoms. The van der Waals surface area contributed by atoms with Crippen LogP contribution in [0.15, 0.2) is 4.99 Å². The average Bonchev–Trinajstić information content (AvgIpc) is 1.97. The highest BCUT2D eigenvalue weighted by atomic mass is 32.2. The summed E-state index contributed by atoms with van der Waals surface area (Å²) in [5, 5.41) is 6.08. The normalized spacial score (nSPS) is 13.8. The molecule has 0 radical (unpaired) electrons. The van der Waals surface area contributed by atoms with E-state index in [2.05, 4.69) is 15.6 Å². The van der Waals surface area contributed by atoms with Gasteiger partial charge in [-0.3, -0.25) is 4.99 Å². The zero-order valence-corrected chi connectivity index (χ0v) is 10.9. The van der Waals surface area contributed by atoms with Crippen molar-refractivity contribution in [2.75, 3.05) is 25.6 Å². The minimum absolute atomic E-state index is 0.0903. The summed E-state index contributed by atoms with van der Waals surface area (Å²) < 4.78 is 21.8. The maximum absolute atomic E-state index is 10.9. The van der Waals surface area contributed by atoms with Gasteiger partial charge in [-0.2, -0.15) is 0 Å². The van der Waals surface area contributed by atoms with Gasteiger partial charge in [-0.25, -0.2) is 8.42 Å². The van der Waals surface area contributed by atoms with Crippen LogP contribution in [-0.2, 0) is 9.84 Å². The van der Waals surface area contributed by atoms with Gasteiger partial charge in [0.2, 0.25) is 0 Å². The lowest BCUT2D eigenvalue weighted by molar-refractivity contribution is 0.502. The van der Waals surface area contributed by atoms with E-state index in [1.807, 2.05) is 20.8 Å². The number of hydrogen-bond acceptors (Lipinski definition) is 3. The molecule has 0 saturated heterocycles. The highest BCUT2D eigenvalue weighted by Crippen LogP contribution is 1.97. The van der Waals surface area contributed by atoms with Crippen LogP contribution in [0.4, 0.5) is 0 Å². The third-order valence-corrected chi connectivity index (χ3v) is 2.43. The van der Waals surface area contributed by atoms with Crippen LogP contribution < -0.4 is 10.6 Å². The lowest BCUT2D eigenvalue weighted by Gasteiger charge is -2.23. The standard InChI is InChI=1S/C9H21N3O2S/c1-9(2,3)12-8(10-4)11-6-7-15(5,13)14/h6-7H2,1-5H3,(H2,10,11,12). The van der Waals surface area contributed by atoms with E-state index >= 15 is 0 Å². The molecule has 0 heterocycles. The van der Waals surface area contributed by atoms with Gasteiger partial charge in [-0.1, -0.05) is 0 Å². The van der Waals surface area contributed by atoms with Crippen LogP contribution in [0.3, 0.4) is 0 Å². The first-order valence-electron chi connectivity index (χ1n) is 4.80. The Labute approximate surface area is 92.3 Å². The van der Waals surface area contributed by atoms with Crippen molar-refractivity contribution in [3.05, 3.63) is 0 Å². The Bertz CT molecular complexity index is 315. The van der Waals surface area contributed by atoms with Crippen LogP contribution in [0.25, 0.3) is 0 Å². The fourth-order valence-corrected chi connectivity index (χ4v) is 1.36. The highest BCUT2D eigenvalue weighted by molar-refractivity contribution is 7.90. The molecule has 5 nitrogen and oxygen atoms in total. The first-order valence-corrected chi connectivity index (χ1v) is 6.87. The summed E-state index contributed by atoms with van der Waals surface area (Å²) in [5.41, 5.74) is -0.0903. The average molecular weight is 235 g/mol. The minimum Gasteiger partial charge on any atom is -0.355 e. The van der Waals surface area contributed by atoms with Crippen LogP contribution in [0, 0.1) is 0 Å². The minimum atomic E-state index is -2.92. The molecule has 0 aromatic rings. The largest absolute Gasteiger partial charge is 0.355 e. The smallest absolute Gasteiger partial charge is 0.191 e. The van der Waals surface area contributed by atoms with Crippen LogP contribution in [0.1, 0.15) is 20.8 Å². The van der Waals surface area contributed by atoms with Crippen molar-refractivity contribution in [3.63, 3.8) is 0 Å². The van der Waals surface area contributed by atoms with E-state index in [-0.39, 0.29) is 11.3 Å². The molecule has 0 spiro atoms. The number of hydrogen-bond donors (Lipinski definition) is 2. The summed E-state index contributed by atoms with van der Waals surface area (Å²) in [4.78, 5) is 3.99. The van der Waals surface area contributed by atoms with Crippen LogP contribution in [0.2, 0.25) is 0 Å². The molecular weight excluding hydrogens is 214 g/mol. The summed E-state index contributed by atoms with van der Waals surface area (Å²) in [7, 11) is -1.26. The second-order valence-corrected chi connectivity index (χ2v) is 6.76. The third-order valence-electron chi connectivity index (χ3n) is 1.48. The molecule has 15 heavy (non-hydrogen) atoms. The Kier molecular flexibility index (Phi) is 5.07. The molecule has 0 aromatic carbocycles. The van der Waals surface area contributed by atoms with E-state index in [0.717, 1.165) is 0 Å². The Morgan fingerprint density at radius 3 is 2.20 bits per heavy atom. The highest BCUT2D eigenvalue weighted by Gasteiger charge is 2.11. The molecule has 0 bridgehead atoms. The number of nitrogens with one attached hydrogen (secondary N) is 2. The quantitative estimate of drug-likeness (QED) is 0.533. The van der Waals surface area contributed by atoms with Gasteiger partial charge in [-0.05, 0) is 20.8 Å². The second kappa shape index (κ2) is 5.34. The van der Waals surface area contributed by atoms with Gasteiger partial charge in [0.25, 0.3) is 0 Å². The Morgan fingerprint density at radius 1 is 1.33 bits per heavy atom. The SMILES string of the molecule is CN=C(NCCS(C)(=O)=O)NC(C)(C)C. The van der Waals surface area contributed by atoms with E-state index < -0.39 is 9.84 Å². The molecular formula is C9H21N3O2S. The maximum atomic E-state index is 10.9. The summed E-state index contributed by atoms with van der Waals surface area (Å²) in [6.45, 7) is 6.40. The van der Waals surface area contributed by atoms with Crippen molar-refractivity contribution in [1.29, 1.82) is 0 Å². The van der Waals surface area contributed by atoms with Crippen molar-refractivity contribution >= 4 is 15.8 Å². The monoisotopic (exact) mass is 235 g/mol. The van der Waals surface area contributed by atoms with Gasteiger partial charge >= 0.3 is 0 Å². The van der Waals surface area contributed by atoms with Crippen molar-refractivity contribution in [2.24, 2.45) is 4.99 Å². The molecule has 0 saturated carbocycles. The summed E-state index contributed by atoms with van der Waals surface area (Å²) in [6.07, 6.45) is 1.22. The van der Waals surface area contributed by atoms with Gasteiger partial charge in [0.05, 0.1) is 5.75 Å². The van der Waals surface area contributed by atoms with E-state index in [1.54, 1.807) is 7.05 Å². The van der Waals surface area contributed by atoms with Gasteiger partial charge in [0.15, 0.2) is 5.96 Å². The Hall–Kier alpha value is -0.780. The predicted molar refractivity (Wildman–Crippen MR) is 64.0 cm³/mol. The van der Waals surface area contributed by atoms with Gasteiger partial charge in [-0.15, -0.1) is 0 Å². The van der Waals surface area contributed by atoms with Crippen molar-refractivity contribution in [1.82, 2.24) is 10.6 Å². The van der Waals surface area contributed by atoms with Gasteiger partial charge in [0, 0.05) is 25.4 Å². The van der Waals surface area contributed by atoms with E-state index in [1.165, 1.54) is 6.26 Å². The maximum Gasteiger partial charge on any atom is 0.191 e. The van der Waals surface area contributed by atoms with Crippen molar-refractivity contribution in [3.8, 4) is 0 Å². The van der Waals surface area contributed by atoms with Crippen LogP contribution >= 0.6 is 0 Å². The van der Waals surface area contributed by atoms with Gasteiger partial charge in [0.1, 0.15) is 9.84 Å². The molecule has 0 aromatic heterocycles. The Morgan fingerprint density at radius 2 is 1.87 bits per heavy atom. The van der Waals surface area contributed by atoms with Crippen molar-refractivity contribution in [2.45, 2.75) is 26.3 Å². The number of guanidine groups is 1. The molecule has 0 rings (SSSR count). The third kappa shape index (κ3) is 9.52. The zero-order valence-electron chi connectivity index (χ0n) is 10.1. The number of nitrogens with zero attached hydrogens (tertiary/aromatic N) is 1. The number of rotatable bonds is 3. The molecule has 0 atom stereocenters. The number of sulfone groups is 1. The predicted octanol–water partition coefficient (Wildman–Crippen LogP) is -0.00550. The Balaban J connectivity index is 4.05. The fourth-order valence-electron chi connectivity index (χ4n) is 0.889. The molecule has 0 aliphatic carbocycles. The lowest BCUT2D eigenvalue weighted by Crippen LogP contribution is -2.48. The molecule has 0 amide bonds. The molecule has 0 aliphatic heterocycles. The van der Waals surface area contributed by atoms with Crippen molar-refractivity contribution < 1.29 is 8.42 Å². The molecule has 0 aliphatic rings. The van der Waals surface area contributed by atoms with E-state index in [4.69, 9.17) is 0 Å². The summed E-state index contributed by atoms with van der Waals surface area (Å²) >= 11 is 0. The summed E-state index contributed by atoms with van der Waals surface area (Å²) in [6, 6.07) is 0. The number of aliphatic imine (C=N–C) groups is 1. The van der Waals surface area contributed by atoms with E-state index in [0.29, 0.717) is 12.5 Å². The fraction of sp³-hybridized carbons (Fsp3) is 0.889. The van der Waals surface area contributed by atoms with Crippen LogP contribution in [-0.4, -0.2) is 45.5 Å². The van der Waals surface area contributed by atoms with Gasteiger partial charge < -0.3 is 10.6 Å². The molecule has 90 valence electrons. The second-order valence-electron chi connectivity index (χ2n) is 4.50. The molecule has 2 N–H and O–H groups in total. The molecule has 0 fully saturated rings. The summed E-state index contributed by atoms with van der Waals surface area (Å²) in [5.74, 6) is 0.726. The van der Waals surface area contributed by atoms with E-state index in [9.17, 15) is 8.42 Å². The topological polar surface area (TPSA) is 70.6 Å². The lowest BCUT2D eigenvalue weighted by atomic mass is 10.1. The first-order chi connectivity index (χ1) is 6.64. The first kappa shape index (κ1) is 14.2. The molecule has 0 unspecified atom stereocenters. The zero-order chi connectivity index (χ0) is 12.1. The van der Waals surface area contributed by atoms with Crippen LogP contribution in [0.5, 0.6) is 0 Å².